The van der Waals surface area contributed by atoms with Crippen LogP contribution in [0.5, 0.6) is 0 Å². The van der Waals surface area contributed by atoms with E-state index in [2.05, 4.69) is 15.3 Å². The van der Waals surface area contributed by atoms with Gasteiger partial charge in [0.05, 0.1) is 18.1 Å². The Morgan fingerprint density at radius 3 is 2.26 bits per heavy atom. The maximum absolute atomic E-state index is 13.9. The lowest BCUT2D eigenvalue weighted by molar-refractivity contribution is -0.419. The number of ether oxygens (including phenoxy) is 1. The Morgan fingerprint density at radius 2 is 1.72 bits per heavy atom. The molecule has 0 spiro atoms. The van der Waals surface area contributed by atoms with Crippen LogP contribution in [-0.4, -0.2) is 112 Å². The molecule has 1 aliphatic carbocycles. The summed E-state index contributed by atoms with van der Waals surface area (Å²) in [7, 11) is -4.54. The highest BCUT2D eigenvalue weighted by Gasteiger charge is 2.72. The summed E-state index contributed by atoms with van der Waals surface area (Å²) < 4.78 is 115. The van der Waals surface area contributed by atoms with E-state index in [-0.39, 0.29) is 75.2 Å². The average Bonchev–Trinajstić information content (AvgIpc) is 2.96. The summed E-state index contributed by atoms with van der Waals surface area (Å²) in [6.45, 7) is -0.745. The van der Waals surface area contributed by atoms with E-state index in [0.717, 1.165) is 16.5 Å². The first-order chi connectivity index (χ1) is 21.3. The summed E-state index contributed by atoms with van der Waals surface area (Å²) >= 11 is 5.20. The summed E-state index contributed by atoms with van der Waals surface area (Å²) in [5.74, 6) is -0.444. The maximum atomic E-state index is 13.9. The molecule has 3 aliphatic heterocycles. The molecule has 0 radical (unpaired) electrons. The number of aromatic nitrogens is 2. The second kappa shape index (κ2) is 11.9. The monoisotopic (exact) mass is 700 g/mol. The fourth-order valence-electron chi connectivity index (χ4n) is 6.05. The largest absolute Gasteiger partial charge is 0.430 e. The number of allylic oxidation sites excluding steroid dienone is 3. The molecule has 0 aromatic carbocycles. The molecule has 13 nitrogen and oxygen atoms in total. The number of hydrogen-bond donors (Lipinski definition) is 2. The van der Waals surface area contributed by atoms with Crippen molar-refractivity contribution >= 4 is 32.9 Å². The van der Waals surface area contributed by atoms with Gasteiger partial charge in [-0.2, -0.15) is 30.6 Å². The number of morpholine rings is 1. The molecule has 4 aliphatic rings. The fraction of sp³-hybridized carbons (Fsp3) is 0.600. The van der Waals surface area contributed by atoms with E-state index in [4.69, 9.17) is 17.0 Å². The van der Waals surface area contributed by atoms with Gasteiger partial charge < -0.3 is 15.2 Å². The van der Waals surface area contributed by atoms with E-state index in [1.54, 1.807) is 0 Å². The van der Waals surface area contributed by atoms with Crippen molar-refractivity contribution in [1.82, 2.24) is 24.5 Å². The third kappa shape index (κ3) is 5.97. The standard InChI is InChI=1S/C25H26F6N6O7S2/c26-24(27,28)23(39,25(29,30)31)14-8-32-21(33-9-14)22(13-36-16-5-18(38)6-17(36)11-44-10-16)12-35(4-3-34-22)46(42,43)20-7-15(37(40)41)1-2-19(20)45/h1,7-9,16-17,34,39H,2-6,10-13H2/t16?,17?,22-/m1/s1. The minimum atomic E-state index is -6.19. The number of thiocarbonyl (C=S) groups is 1. The molecule has 2 unspecified atom stereocenters. The number of carbonyl (C=O) groups excluding carboxylic acids is 1. The number of ketones is 1. The summed E-state index contributed by atoms with van der Waals surface area (Å²) in [5.41, 5.74) is -9.20. The number of aliphatic hydroxyl groups is 1. The number of rotatable bonds is 7. The molecule has 0 saturated carbocycles. The smallest absolute Gasteiger partial charge is 0.378 e. The van der Waals surface area contributed by atoms with E-state index in [1.165, 1.54) is 0 Å². The summed E-state index contributed by atoms with van der Waals surface area (Å²) in [5, 5.41) is 24.3. The van der Waals surface area contributed by atoms with E-state index < -0.39 is 79.1 Å². The SMILES string of the molecule is O=C1CC2COCC(C1)N2C[C@@]1(c2ncc(C(O)(C(F)(F)F)C(F)(F)F)cn2)CN(S(=O)(=O)C2=CC([N+](=O)[O-])=CCC2=S)CCN1. The van der Waals surface area contributed by atoms with Gasteiger partial charge in [-0.05, 0) is 6.08 Å². The third-order valence-electron chi connectivity index (χ3n) is 8.41. The number of piperidine rings is 1. The molecule has 46 heavy (non-hydrogen) atoms. The van der Waals surface area contributed by atoms with Gasteiger partial charge >= 0.3 is 12.4 Å². The molecule has 1 aromatic rings. The molecule has 3 saturated heterocycles. The molecule has 0 amide bonds. The van der Waals surface area contributed by atoms with Crippen molar-refractivity contribution in [2.45, 2.75) is 54.8 Å². The van der Waals surface area contributed by atoms with Crippen LogP contribution in [0.25, 0.3) is 0 Å². The van der Waals surface area contributed by atoms with Crippen LogP contribution in [0.2, 0.25) is 0 Å². The Hall–Kier alpha value is -2.95. The van der Waals surface area contributed by atoms with Gasteiger partial charge in [0.2, 0.25) is 10.0 Å². The lowest BCUT2D eigenvalue weighted by Crippen LogP contribution is -2.68. The highest BCUT2D eigenvalue weighted by atomic mass is 32.2. The molecule has 3 fully saturated rings. The summed E-state index contributed by atoms with van der Waals surface area (Å²) in [4.78, 5) is 31.8. The van der Waals surface area contributed by atoms with Crippen LogP contribution < -0.4 is 5.32 Å². The number of halogens is 6. The lowest BCUT2D eigenvalue weighted by Gasteiger charge is -2.51. The molecule has 5 rings (SSSR count). The van der Waals surface area contributed by atoms with Crippen LogP contribution >= 0.6 is 12.2 Å². The molecular formula is C25H26F6N6O7S2. The predicted molar refractivity (Wildman–Crippen MR) is 148 cm³/mol. The van der Waals surface area contributed by atoms with Crippen molar-refractivity contribution in [3.8, 4) is 0 Å². The van der Waals surface area contributed by atoms with Crippen molar-refractivity contribution in [3.63, 3.8) is 0 Å². The summed E-state index contributed by atoms with van der Waals surface area (Å²) in [6, 6.07) is -0.959. The van der Waals surface area contributed by atoms with Crippen LogP contribution in [0, 0.1) is 10.1 Å². The van der Waals surface area contributed by atoms with Crippen LogP contribution in [0.1, 0.15) is 30.7 Å². The second-order valence-electron chi connectivity index (χ2n) is 11.3. The highest BCUT2D eigenvalue weighted by Crippen LogP contribution is 2.49. The average molecular weight is 701 g/mol. The van der Waals surface area contributed by atoms with Gasteiger partial charge in [-0.3, -0.25) is 19.8 Å². The fourth-order valence-corrected chi connectivity index (χ4v) is 8.15. The minimum absolute atomic E-state index is 0.0454. The Morgan fingerprint density at radius 1 is 1.13 bits per heavy atom. The van der Waals surface area contributed by atoms with Crippen molar-refractivity contribution in [2.75, 3.05) is 39.4 Å². The number of carbonyl (C=O) groups is 1. The topological polar surface area (TPSA) is 168 Å². The molecule has 3 atom stereocenters. The molecule has 2 N–H and O–H groups in total. The Bertz CT molecular complexity index is 1570. The second-order valence-corrected chi connectivity index (χ2v) is 13.7. The molecule has 252 valence electrons. The van der Waals surface area contributed by atoms with Gasteiger partial charge in [0.25, 0.3) is 11.3 Å². The molecule has 2 bridgehead atoms. The number of nitrogens with one attached hydrogen (secondary N) is 1. The predicted octanol–water partition coefficient (Wildman–Crippen LogP) is 1.47. The molecule has 1 aromatic heterocycles. The number of sulfonamides is 1. The Kier molecular flexibility index (Phi) is 8.92. The highest BCUT2D eigenvalue weighted by molar-refractivity contribution is 7.96. The van der Waals surface area contributed by atoms with Crippen molar-refractivity contribution in [1.29, 1.82) is 0 Å². The van der Waals surface area contributed by atoms with Crippen molar-refractivity contribution < 1.29 is 54.3 Å². The normalized spacial score (nSPS) is 27.3. The zero-order chi connectivity index (χ0) is 33.9. The molecular weight excluding hydrogens is 674 g/mol. The zero-order valence-electron chi connectivity index (χ0n) is 23.5. The van der Waals surface area contributed by atoms with Crippen molar-refractivity contribution in [3.05, 3.63) is 56.7 Å². The van der Waals surface area contributed by atoms with Crippen molar-refractivity contribution in [2.24, 2.45) is 0 Å². The first-order valence-corrected chi connectivity index (χ1v) is 15.5. The zero-order valence-corrected chi connectivity index (χ0v) is 25.2. The Balaban J connectivity index is 1.58. The third-order valence-corrected chi connectivity index (χ3v) is 10.8. The molecule has 4 heterocycles. The van der Waals surface area contributed by atoms with Gasteiger partial charge in [-0.1, -0.05) is 12.2 Å². The maximum Gasteiger partial charge on any atom is 0.430 e. The first-order valence-electron chi connectivity index (χ1n) is 13.7. The number of piperazine rings is 1. The van der Waals surface area contributed by atoms with Gasteiger partial charge in [0.15, 0.2) is 5.82 Å². The number of fused-ring (bicyclic) bond motifs is 2. The number of nitro groups is 1. The minimum Gasteiger partial charge on any atom is -0.378 e. The molecule has 21 heteroatoms. The number of hydrogen-bond acceptors (Lipinski definition) is 12. The van der Waals surface area contributed by atoms with Crippen LogP contribution in [-0.2, 0) is 30.7 Å². The van der Waals surface area contributed by atoms with Gasteiger partial charge in [-0.25, -0.2) is 18.4 Å². The van der Waals surface area contributed by atoms with E-state index in [9.17, 15) is 54.8 Å². The van der Waals surface area contributed by atoms with Crippen LogP contribution in [0.3, 0.4) is 0 Å². The van der Waals surface area contributed by atoms with E-state index in [0.29, 0.717) is 0 Å². The van der Waals surface area contributed by atoms with Gasteiger partial charge in [0.1, 0.15) is 16.2 Å². The van der Waals surface area contributed by atoms with E-state index >= 15 is 0 Å². The lowest BCUT2D eigenvalue weighted by atomic mass is 9.88. The van der Waals surface area contributed by atoms with Crippen LogP contribution in [0.4, 0.5) is 26.3 Å². The summed E-state index contributed by atoms with van der Waals surface area (Å²) in [6.07, 6.45) is -10.1. The number of Topliss-reactive ketones (excluding diaryl/α,β-unsaturated/α-hetero) is 1. The first kappa shape index (κ1) is 34.4. The number of nitrogens with zero attached hydrogens (tertiary/aromatic N) is 5. The Labute approximate surface area is 262 Å². The van der Waals surface area contributed by atoms with Gasteiger partial charge in [-0.15, -0.1) is 0 Å². The van der Waals surface area contributed by atoms with E-state index in [1.807, 2.05) is 4.90 Å². The quantitative estimate of drug-likeness (QED) is 0.182. The van der Waals surface area contributed by atoms with Gasteiger partial charge in [0, 0.05) is 86.4 Å². The number of alkyl halides is 6. The van der Waals surface area contributed by atoms with Crippen LogP contribution in [0.15, 0.2) is 35.1 Å².